The molecule has 2 heterocycles. The summed E-state index contributed by atoms with van der Waals surface area (Å²) in [5.41, 5.74) is -0.470. The fourth-order valence-electron chi connectivity index (χ4n) is 7.05. The van der Waals surface area contributed by atoms with Crippen molar-refractivity contribution in [2.24, 2.45) is 0 Å². The predicted octanol–water partition coefficient (Wildman–Crippen LogP) is 7.12. The number of hydrogen-bond acceptors (Lipinski definition) is 9. The largest absolute Gasteiger partial charge is 0.503 e. The van der Waals surface area contributed by atoms with Crippen LogP contribution < -0.4 is 10.6 Å². The molecular formula is C43H34Cl2F4N4O9. The molecular weight excluding hydrogens is 863 g/mol. The second-order valence-electron chi connectivity index (χ2n) is 14.4. The lowest BCUT2D eigenvalue weighted by molar-refractivity contribution is -0.161. The molecule has 0 saturated heterocycles. The zero-order valence-corrected chi connectivity index (χ0v) is 34.5. The van der Waals surface area contributed by atoms with Crippen molar-refractivity contribution in [3.05, 3.63) is 128 Å². The summed E-state index contributed by atoms with van der Waals surface area (Å²) in [6.07, 6.45) is -1.85. The number of carbonyl (C=O) groups excluding carboxylic acids is 6. The summed E-state index contributed by atoms with van der Waals surface area (Å²) in [5.74, 6) is -13.7. The molecule has 0 aliphatic heterocycles. The van der Waals surface area contributed by atoms with Crippen LogP contribution in [0.2, 0.25) is 10.0 Å². The van der Waals surface area contributed by atoms with Gasteiger partial charge in [0.15, 0.2) is 34.8 Å². The lowest BCUT2D eigenvalue weighted by Gasteiger charge is -2.15. The highest BCUT2D eigenvalue weighted by Gasteiger charge is 2.30. The molecule has 0 fully saturated rings. The molecule has 0 aliphatic rings. The molecule has 322 valence electrons. The molecule has 4 N–H and O–H groups in total. The Morgan fingerprint density at radius 2 is 1.05 bits per heavy atom. The number of nitrogens with zero attached hydrogens (tertiary/aromatic N) is 2. The van der Waals surface area contributed by atoms with Crippen LogP contribution >= 0.6 is 23.2 Å². The number of esters is 2. The number of halogens is 6. The number of carbonyl (C=O) groups is 6. The predicted molar refractivity (Wildman–Crippen MR) is 217 cm³/mol. The molecule has 0 saturated carbocycles. The van der Waals surface area contributed by atoms with Crippen molar-refractivity contribution in [1.82, 2.24) is 19.8 Å². The van der Waals surface area contributed by atoms with Crippen LogP contribution in [0.1, 0.15) is 63.5 Å². The van der Waals surface area contributed by atoms with Gasteiger partial charge in [-0.05, 0) is 87.4 Å². The Morgan fingerprint density at radius 1 is 0.661 bits per heavy atom. The third-order valence-corrected chi connectivity index (χ3v) is 10.6. The maximum Gasteiger partial charge on any atom is 0.335 e. The quantitative estimate of drug-likeness (QED) is 0.0597. The molecule has 62 heavy (non-hydrogen) atoms. The zero-order valence-electron chi connectivity index (χ0n) is 33.0. The summed E-state index contributed by atoms with van der Waals surface area (Å²) in [6.45, 7) is 5.33. The van der Waals surface area contributed by atoms with Gasteiger partial charge in [-0.25, -0.2) is 22.4 Å². The average molecular weight is 898 g/mol. The van der Waals surface area contributed by atoms with Gasteiger partial charge in [0, 0.05) is 61.5 Å². The summed E-state index contributed by atoms with van der Waals surface area (Å²) >= 11 is 11.9. The molecule has 0 aliphatic carbocycles. The lowest BCUT2D eigenvalue weighted by atomic mass is 10.1. The van der Waals surface area contributed by atoms with Crippen LogP contribution in [0.3, 0.4) is 0 Å². The molecule has 6 aromatic rings. The number of rotatable bonds is 11. The third kappa shape index (κ3) is 8.71. The van der Waals surface area contributed by atoms with Crippen LogP contribution in [0.4, 0.5) is 17.6 Å². The van der Waals surface area contributed by atoms with Crippen LogP contribution in [-0.4, -0.2) is 67.0 Å². The summed E-state index contributed by atoms with van der Waals surface area (Å²) in [5, 5.41) is 24.7. The normalized spacial score (nSPS) is 12.3. The van der Waals surface area contributed by atoms with Crippen molar-refractivity contribution < 1.29 is 61.3 Å². The average Bonchev–Trinajstić information content (AvgIpc) is 3.63. The van der Waals surface area contributed by atoms with Crippen LogP contribution in [-0.2, 0) is 36.8 Å². The van der Waals surface area contributed by atoms with Gasteiger partial charge in [-0.15, -0.1) is 0 Å². The van der Waals surface area contributed by atoms with E-state index in [0.29, 0.717) is 10.0 Å². The van der Waals surface area contributed by atoms with E-state index in [2.05, 4.69) is 10.6 Å². The molecule has 2 atom stereocenters. The number of phenolic OH excluding ortho intramolecular Hbond substituents is 2. The highest BCUT2D eigenvalue weighted by Crippen LogP contribution is 2.37. The highest BCUT2D eigenvalue weighted by molar-refractivity contribution is 6.31. The molecule has 19 heteroatoms. The topological polar surface area (TPSA) is 186 Å². The number of benzene rings is 4. The first-order valence-corrected chi connectivity index (χ1v) is 19.3. The fourth-order valence-corrected chi connectivity index (χ4v) is 7.31. The fraction of sp³-hybridized carbons (Fsp3) is 0.209. The van der Waals surface area contributed by atoms with Gasteiger partial charge in [0.1, 0.15) is 6.04 Å². The van der Waals surface area contributed by atoms with E-state index in [4.69, 9.17) is 27.9 Å². The smallest absolute Gasteiger partial charge is 0.335 e. The van der Waals surface area contributed by atoms with E-state index in [1.54, 1.807) is 0 Å². The van der Waals surface area contributed by atoms with Crippen molar-refractivity contribution in [2.45, 2.75) is 59.0 Å². The van der Waals surface area contributed by atoms with Crippen LogP contribution in [0, 0.1) is 37.1 Å². The van der Waals surface area contributed by atoms with Gasteiger partial charge in [0.05, 0.1) is 30.3 Å². The van der Waals surface area contributed by atoms with E-state index in [0.717, 1.165) is 21.3 Å². The Balaban J connectivity index is 1.11. The Kier molecular flexibility index (Phi) is 12.8. The van der Waals surface area contributed by atoms with Crippen molar-refractivity contribution in [3.8, 4) is 11.5 Å². The zero-order chi connectivity index (χ0) is 45.5. The molecule has 0 bridgehead atoms. The Morgan fingerprint density at radius 3 is 1.45 bits per heavy atom. The SMILES string of the molecule is Cc1c(CC(=O)NC(C)CC(=O)OC(=O)C(C)NC(=O)Cc2c(C)n(C(=O)c3ccc(Cl)cc3)c3cc(F)c(O)c(F)c23)c2c(F)c(O)c(F)cc2n1C(=O)c1ccc(Cl)cc1. The summed E-state index contributed by atoms with van der Waals surface area (Å²) in [7, 11) is 0. The van der Waals surface area contributed by atoms with Gasteiger partial charge in [-0.1, -0.05) is 23.2 Å². The standard InChI is InChI=1S/C43H34Cl2F4N4O9/c1-18(50-32(54)14-26-20(3)52(41(59)22-5-9-24(44)10-6-22)30-16-28(46)39(57)37(48)35(26)30)13-34(56)62-43(61)19(2)51-33(55)15-27-21(4)53(42(60)23-7-11-25(45)12-8-23)31-17-29(47)40(58)38(49)36(27)31/h5-12,16-19,57-58H,13-15H2,1-4H3,(H,50,54)(H,51,55). The molecule has 2 unspecified atom stereocenters. The minimum Gasteiger partial charge on any atom is -0.503 e. The number of nitrogens with one attached hydrogen (secondary N) is 2. The molecule has 0 radical (unpaired) electrons. The molecule has 6 rings (SSSR count). The maximum atomic E-state index is 15.4. The molecule has 13 nitrogen and oxygen atoms in total. The van der Waals surface area contributed by atoms with Gasteiger partial charge in [-0.3, -0.25) is 33.1 Å². The molecule has 0 spiro atoms. The Hall–Kier alpha value is -6.72. The minimum absolute atomic E-state index is 0.0185. The van der Waals surface area contributed by atoms with Crippen molar-refractivity contribution in [2.75, 3.05) is 0 Å². The number of hydrogen-bond donors (Lipinski definition) is 4. The van der Waals surface area contributed by atoms with Gasteiger partial charge < -0.3 is 25.6 Å². The molecule has 4 aromatic carbocycles. The minimum atomic E-state index is -1.47. The van der Waals surface area contributed by atoms with E-state index in [-0.39, 0.29) is 44.7 Å². The van der Waals surface area contributed by atoms with Crippen molar-refractivity contribution in [3.63, 3.8) is 0 Å². The number of aromatic nitrogens is 2. The van der Waals surface area contributed by atoms with E-state index in [1.807, 2.05) is 0 Å². The van der Waals surface area contributed by atoms with Gasteiger partial charge in [0.2, 0.25) is 11.8 Å². The summed E-state index contributed by atoms with van der Waals surface area (Å²) in [4.78, 5) is 79.0. The monoisotopic (exact) mass is 896 g/mol. The third-order valence-electron chi connectivity index (χ3n) is 10.1. The second kappa shape index (κ2) is 17.7. The van der Waals surface area contributed by atoms with Gasteiger partial charge in [-0.2, -0.15) is 0 Å². The maximum absolute atomic E-state index is 15.4. The van der Waals surface area contributed by atoms with Crippen molar-refractivity contribution in [1.29, 1.82) is 0 Å². The Bertz CT molecular complexity index is 2860. The number of fused-ring (bicyclic) bond motifs is 2. The van der Waals surface area contributed by atoms with E-state index in [9.17, 15) is 47.8 Å². The first-order chi connectivity index (χ1) is 29.2. The van der Waals surface area contributed by atoms with E-state index in [1.165, 1.54) is 76.2 Å². The van der Waals surface area contributed by atoms with Crippen molar-refractivity contribution >= 4 is 80.6 Å². The van der Waals surface area contributed by atoms with Crippen LogP contribution in [0.25, 0.3) is 21.8 Å². The lowest BCUT2D eigenvalue weighted by Crippen LogP contribution is -2.42. The van der Waals surface area contributed by atoms with Gasteiger partial charge in [0.25, 0.3) is 11.8 Å². The summed E-state index contributed by atoms with van der Waals surface area (Å²) < 4.78 is 66.7. The first kappa shape index (κ1) is 44.8. The number of amides is 2. The number of aromatic hydroxyl groups is 2. The van der Waals surface area contributed by atoms with E-state index < -0.39 is 112 Å². The summed E-state index contributed by atoms with van der Waals surface area (Å²) in [6, 6.07) is 10.3. The second-order valence-corrected chi connectivity index (χ2v) is 15.2. The highest BCUT2D eigenvalue weighted by atomic mass is 35.5. The van der Waals surface area contributed by atoms with Crippen LogP contribution in [0.5, 0.6) is 11.5 Å². The molecule has 2 aromatic heterocycles. The van der Waals surface area contributed by atoms with E-state index >= 15 is 8.78 Å². The van der Waals surface area contributed by atoms with Gasteiger partial charge >= 0.3 is 11.9 Å². The number of phenols is 2. The Labute approximate surface area is 358 Å². The number of ether oxygens (including phenoxy) is 1. The molecule has 2 amide bonds. The van der Waals surface area contributed by atoms with Crippen LogP contribution in [0.15, 0.2) is 60.7 Å². The first-order valence-electron chi connectivity index (χ1n) is 18.5.